The molecule has 3 aromatic rings. The first-order valence-electron chi connectivity index (χ1n) is 8.50. The van der Waals surface area contributed by atoms with Crippen molar-refractivity contribution in [3.05, 3.63) is 74.8 Å². The van der Waals surface area contributed by atoms with Crippen molar-refractivity contribution >= 4 is 28.5 Å². The van der Waals surface area contributed by atoms with E-state index in [1.807, 2.05) is 0 Å². The number of aryl methyl sites for hydroxylation is 2. The van der Waals surface area contributed by atoms with Gasteiger partial charge in [0.05, 0.1) is 16.5 Å². The maximum Gasteiger partial charge on any atom is 0.335 e. The van der Waals surface area contributed by atoms with E-state index in [1.54, 1.807) is 10.6 Å². The molecule has 0 bridgehead atoms. The molecule has 0 saturated carbocycles. The zero-order valence-corrected chi connectivity index (χ0v) is 14.6. The highest BCUT2D eigenvalue weighted by atomic mass is 16.4. The van der Waals surface area contributed by atoms with Crippen LogP contribution in [0.25, 0.3) is 22.6 Å². The predicted molar refractivity (Wildman–Crippen MR) is 101 cm³/mol. The van der Waals surface area contributed by atoms with Crippen molar-refractivity contribution in [1.82, 2.24) is 9.55 Å². The van der Waals surface area contributed by atoms with Crippen molar-refractivity contribution in [3.8, 4) is 0 Å². The number of aromatic carboxylic acids is 1. The van der Waals surface area contributed by atoms with E-state index < -0.39 is 5.97 Å². The SMILES string of the molecule is Cc1ccc(C=C2CCn3c2nc2ccc(C(=O)O)cc2c3=O)c(C)c1. The van der Waals surface area contributed by atoms with Crippen LogP contribution < -0.4 is 5.56 Å². The number of carboxylic acids is 1. The van der Waals surface area contributed by atoms with Crippen molar-refractivity contribution in [2.24, 2.45) is 0 Å². The molecule has 0 saturated heterocycles. The average molecular weight is 346 g/mol. The second-order valence-electron chi connectivity index (χ2n) is 6.71. The van der Waals surface area contributed by atoms with Gasteiger partial charge in [-0.2, -0.15) is 0 Å². The maximum absolute atomic E-state index is 12.8. The first-order valence-corrected chi connectivity index (χ1v) is 8.50. The summed E-state index contributed by atoms with van der Waals surface area (Å²) >= 11 is 0. The summed E-state index contributed by atoms with van der Waals surface area (Å²) in [5.41, 5.74) is 4.99. The zero-order chi connectivity index (χ0) is 18.4. The number of nitrogens with zero attached hydrogens (tertiary/aromatic N) is 2. The molecule has 4 rings (SSSR count). The summed E-state index contributed by atoms with van der Waals surface area (Å²) < 4.78 is 1.64. The van der Waals surface area contributed by atoms with E-state index in [9.17, 15) is 9.59 Å². The topological polar surface area (TPSA) is 72.2 Å². The van der Waals surface area contributed by atoms with Crippen LogP contribution in [0.4, 0.5) is 0 Å². The highest BCUT2D eigenvalue weighted by Crippen LogP contribution is 2.28. The minimum absolute atomic E-state index is 0.0981. The number of allylic oxidation sites excluding steroid dienone is 1. The summed E-state index contributed by atoms with van der Waals surface area (Å²) in [4.78, 5) is 28.6. The van der Waals surface area contributed by atoms with Crippen LogP contribution in [-0.2, 0) is 6.54 Å². The summed E-state index contributed by atoms with van der Waals surface area (Å²) in [6, 6.07) is 10.8. The van der Waals surface area contributed by atoms with Crippen LogP contribution >= 0.6 is 0 Å². The quantitative estimate of drug-likeness (QED) is 0.769. The highest BCUT2D eigenvalue weighted by molar-refractivity contribution is 5.93. The van der Waals surface area contributed by atoms with Gasteiger partial charge in [0.15, 0.2) is 0 Å². The van der Waals surface area contributed by atoms with Crippen molar-refractivity contribution in [1.29, 1.82) is 0 Å². The number of benzene rings is 2. The van der Waals surface area contributed by atoms with Crippen molar-refractivity contribution in [2.45, 2.75) is 26.8 Å². The Morgan fingerprint density at radius 2 is 2.00 bits per heavy atom. The monoisotopic (exact) mass is 346 g/mol. The number of hydrogen-bond donors (Lipinski definition) is 1. The van der Waals surface area contributed by atoms with Gasteiger partial charge in [0.25, 0.3) is 5.56 Å². The van der Waals surface area contributed by atoms with Gasteiger partial charge >= 0.3 is 5.97 Å². The van der Waals surface area contributed by atoms with E-state index in [4.69, 9.17) is 5.11 Å². The Labute approximate surface area is 150 Å². The summed E-state index contributed by atoms with van der Waals surface area (Å²) in [7, 11) is 0. The second kappa shape index (κ2) is 5.95. The molecule has 1 N–H and O–H groups in total. The van der Waals surface area contributed by atoms with E-state index in [0.29, 0.717) is 23.3 Å². The molecule has 5 nitrogen and oxygen atoms in total. The Balaban J connectivity index is 1.88. The lowest BCUT2D eigenvalue weighted by atomic mass is 10.0. The third kappa shape index (κ3) is 2.62. The van der Waals surface area contributed by atoms with Gasteiger partial charge in [-0.3, -0.25) is 9.36 Å². The van der Waals surface area contributed by atoms with Gasteiger partial charge in [-0.15, -0.1) is 0 Å². The normalized spacial score (nSPS) is 14.8. The Hall–Kier alpha value is -3.21. The Morgan fingerprint density at radius 3 is 2.73 bits per heavy atom. The summed E-state index contributed by atoms with van der Waals surface area (Å²) in [5.74, 6) is -0.377. The van der Waals surface area contributed by atoms with Crippen LogP contribution in [0.2, 0.25) is 0 Å². The molecule has 26 heavy (non-hydrogen) atoms. The molecule has 5 heteroatoms. The molecular weight excluding hydrogens is 328 g/mol. The summed E-state index contributed by atoms with van der Waals surface area (Å²) in [6.45, 7) is 4.70. The summed E-state index contributed by atoms with van der Waals surface area (Å²) in [5, 5.41) is 9.49. The Bertz CT molecular complexity index is 1160. The lowest BCUT2D eigenvalue weighted by molar-refractivity contribution is 0.0697. The molecule has 0 unspecified atom stereocenters. The van der Waals surface area contributed by atoms with E-state index in [2.05, 4.69) is 43.1 Å². The molecule has 2 aromatic carbocycles. The maximum atomic E-state index is 12.8. The van der Waals surface area contributed by atoms with Gasteiger partial charge in [0, 0.05) is 6.54 Å². The molecule has 0 radical (unpaired) electrons. The fourth-order valence-corrected chi connectivity index (χ4v) is 3.46. The largest absolute Gasteiger partial charge is 0.478 e. The van der Waals surface area contributed by atoms with E-state index in [0.717, 1.165) is 17.6 Å². The predicted octanol–water partition coefficient (Wildman–Crippen LogP) is 3.66. The minimum atomic E-state index is -1.05. The molecule has 1 aliphatic rings. The first kappa shape index (κ1) is 16.3. The molecule has 1 aliphatic heterocycles. The lowest BCUT2D eigenvalue weighted by Crippen LogP contribution is -2.21. The third-order valence-electron chi connectivity index (χ3n) is 4.85. The van der Waals surface area contributed by atoms with Crippen molar-refractivity contribution in [3.63, 3.8) is 0 Å². The standard InChI is InChI=1S/C21H18N2O3/c1-12-3-4-14(13(2)9-12)10-15-7-8-23-19(15)22-18-6-5-16(21(25)26)11-17(18)20(23)24/h3-6,9-11H,7-8H2,1-2H3,(H,25,26). The van der Waals surface area contributed by atoms with Crippen molar-refractivity contribution < 1.29 is 9.90 Å². The highest BCUT2D eigenvalue weighted by Gasteiger charge is 2.21. The number of aromatic nitrogens is 2. The summed E-state index contributed by atoms with van der Waals surface area (Å²) in [6.07, 6.45) is 2.83. The fourth-order valence-electron chi connectivity index (χ4n) is 3.46. The van der Waals surface area contributed by atoms with Gasteiger partial charge in [-0.1, -0.05) is 23.8 Å². The first-order chi connectivity index (χ1) is 12.4. The number of fused-ring (bicyclic) bond motifs is 2. The number of hydrogen-bond acceptors (Lipinski definition) is 3. The molecule has 130 valence electrons. The van der Waals surface area contributed by atoms with Crippen LogP contribution in [0.15, 0.2) is 41.2 Å². The molecule has 0 amide bonds. The Morgan fingerprint density at radius 1 is 1.19 bits per heavy atom. The van der Waals surface area contributed by atoms with Crippen LogP contribution in [0.1, 0.15) is 39.3 Å². The van der Waals surface area contributed by atoms with Crippen LogP contribution in [0.3, 0.4) is 0 Å². The van der Waals surface area contributed by atoms with E-state index in [1.165, 1.54) is 23.3 Å². The van der Waals surface area contributed by atoms with E-state index in [-0.39, 0.29) is 11.1 Å². The Kier molecular flexibility index (Phi) is 3.72. The van der Waals surface area contributed by atoms with Crippen LogP contribution in [-0.4, -0.2) is 20.6 Å². The van der Waals surface area contributed by atoms with Crippen LogP contribution in [0.5, 0.6) is 0 Å². The number of carbonyl (C=O) groups is 1. The molecule has 1 aromatic heterocycles. The number of rotatable bonds is 2. The van der Waals surface area contributed by atoms with Crippen LogP contribution in [0, 0.1) is 13.8 Å². The molecule has 0 spiro atoms. The molecule has 0 atom stereocenters. The lowest BCUT2D eigenvalue weighted by Gasteiger charge is -2.07. The number of carboxylic acid groups (broad SMARTS) is 1. The van der Waals surface area contributed by atoms with Gasteiger partial charge in [-0.05, 0) is 61.2 Å². The fraction of sp³-hybridized carbons (Fsp3) is 0.190. The average Bonchev–Trinajstić information content (AvgIpc) is 3.00. The molecular formula is C21H18N2O3. The molecule has 0 aliphatic carbocycles. The molecule has 0 fully saturated rings. The zero-order valence-electron chi connectivity index (χ0n) is 14.6. The van der Waals surface area contributed by atoms with Gasteiger partial charge < -0.3 is 5.11 Å². The van der Waals surface area contributed by atoms with Gasteiger partial charge in [-0.25, -0.2) is 9.78 Å². The molecule has 2 heterocycles. The van der Waals surface area contributed by atoms with E-state index >= 15 is 0 Å². The minimum Gasteiger partial charge on any atom is -0.478 e. The van der Waals surface area contributed by atoms with Gasteiger partial charge in [0.2, 0.25) is 0 Å². The third-order valence-corrected chi connectivity index (χ3v) is 4.85. The van der Waals surface area contributed by atoms with Crippen molar-refractivity contribution in [2.75, 3.05) is 0 Å². The smallest absolute Gasteiger partial charge is 0.335 e. The second-order valence-corrected chi connectivity index (χ2v) is 6.71. The van der Waals surface area contributed by atoms with Gasteiger partial charge in [0.1, 0.15) is 5.82 Å².